The third-order valence-corrected chi connectivity index (χ3v) is 19.1. The van der Waals surface area contributed by atoms with Gasteiger partial charge in [0.1, 0.15) is 0 Å². The lowest BCUT2D eigenvalue weighted by atomic mass is 9.68. The topological polar surface area (TPSA) is 6.48 Å². The first-order valence-electron chi connectivity index (χ1n) is 26.5. The largest absolute Gasteiger partial charge is 0.310 e. The van der Waals surface area contributed by atoms with E-state index in [-0.39, 0.29) is 0 Å². The summed E-state index contributed by atoms with van der Waals surface area (Å²) in [6.07, 6.45) is 0. The van der Waals surface area contributed by atoms with Gasteiger partial charge in [-0.1, -0.05) is 176 Å². The first-order chi connectivity index (χ1) is 38.2. The van der Waals surface area contributed by atoms with Crippen LogP contribution in [0.3, 0.4) is 0 Å². The molecule has 17 rings (SSSR count). The van der Waals surface area contributed by atoms with E-state index in [9.17, 15) is 0 Å². The molecule has 2 aliphatic carbocycles. The van der Waals surface area contributed by atoms with Crippen LogP contribution in [0.5, 0.6) is 0 Å². The summed E-state index contributed by atoms with van der Waals surface area (Å²) in [5, 5.41) is 12.6. The first-order valence-corrected chi connectivity index (χ1v) is 28.1. The zero-order chi connectivity index (χ0) is 50.3. The SMILES string of the molecule is c1ccc(N(c2ccc3sc4ccccc4c3c2)c2ccc3c4c(c5ccccc5c3c2)-c2cc(N(c3ccccc3)c3ccc5sc6ccccc6c5c3)c3ccccc3c2C42c3ccccc3-c3ccccc32)cc1. The number of thiophene rings is 2. The minimum Gasteiger partial charge on any atom is -0.310 e. The van der Waals surface area contributed by atoms with E-state index in [4.69, 9.17) is 0 Å². The molecule has 0 amide bonds. The van der Waals surface area contributed by atoms with Crippen molar-refractivity contribution in [1.82, 2.24) is 0 Å². The Morgan fingerprint density at radius 1 is 0.247 bits per heavy atom. The third kappa shape index (κ3) is 6.00. The number of benzene rings is 13. The number of hydrogen-bond acceptors (Lipinski definition) is 4. The summed E-state index contributed by atoms with van der Waals surface area (Å²) in [6.45, 7) is 0. The Morgan fingerprint density at radius 3 is 1.29 bits per heavy atom. The molecule has 0 aliphatic heterocycles. The highest BCUT2D eigenvalue weighted by atomic mass is 32.1. The van der Waals surface area contributed by atoms with Crippen molar-refractivity contribution < 1.29 is 0 Å². The Hall–Kier alpha value is -9.32. The molecule has 0 radical (unpaired) electrons. The molecule has 0 saturated carbocycles. The number of nitrogens with zero attached hydrogens (tertiary/aromatic N) is 2. The van der Waals surface area contributed by atoms with Crippen LogP contribution < -0.4 is 9.80 Å². The molecule has 2 aromatic heterocycles. The van der Waals surface area contributed by atoms with Crippen molar-refractivity contribution in [1.29, 1.82) is 0 Å². The van der Waals surface area contributed by atoms with Crippen molar-refractivity contribution in [2.24, 2.45) is 0 Å². The number of hydrogen-bond donors (Lipinski definition) is 0. The van der Waals surface area contributed by atoms with Crippen LogP contribution in [-0.4, -0.2) is 0 Å². The fourth-order valence-electron chi connectivity index (χ4n) is 13.8. The van der Waals surface area contributed by atoms with Crippen molar-refractivity contribution in [3.63, 3.8) is 0 Å². The van der Waals surface area contributed by atoms with Gasteiger partial charge in [-0.15, -0.1) is 22.7 Å². The molecule has 15 aromatic rings. The van der Waals surface area contributed by atoms with Crippen LogP contribution in [0.15, 0.2) is 267 Å². The lowest BCUT2D eigenvalue weighted by molar-refractivity contribution is 0.809. The van der Waals surface area contributed by atoms with Gasteiger partial charge in [-0.2, -0.15) is 0 Å². The van der Waals surface area contributed by atoms with Gasteiger partial charge in [-0.05, 0) is 162 Å². The second-order valence-electron chi connectivity index (χ2n) is 20.6. The Kier molecular flexibility index (Phi) is 9.12. The molecule has 0 bridgehead atoms. The van der Waals surface area contributed by atoms with E-state index >= 15 is 0 Å². The molecule has 13 aromatic carbocycles. The number of anilines is 6. The molecule has 2 nitrogen and oxygen atoms in total. The monoisotopic (exact) mass is 1010 g/mol. The average Bonchev–Trinajstić information content (AvgIpc) is 3.20. The van der Waals surface area contributed by atoms with Gasteiger partial charge >= 0.3 is 0 Å². The van der Waals surface area contributed by atoms with E-state index in [1.807, 2.05) is 22.7 Å². The van der Waals surface area contributed by atoms with E-state index in [0.717, 1.165) is 34.1 Å². The van der Waals surface area contributed by atoms with Crippen LogP contribution in [0.1, 0.15) is 22.3 Å². The molecular formula is C73H44N2S2. The minimum atomic E-state index is -0.643. The minimum absolute atomic E-state index is 0.643. The summed E-state index contributed by atoms with van der Waals surface area (Å²) in [7, 11) is 0. The van der Waals surface area contributed by atoms with Crippen LogP contribution in [0, 0.1) is 0 Å². The molecule has 4 heteroatoms. The van der Waals surface area contributed by atoms with E-state index in [2.05, 4.69) is 277 Å². The predicted octanol–water partition coefficient (Wildman–Crippen LogP) is 21.2. The summed E-state index contributed by atoms with van der Waals surface area (Å²) in [5.74, 6) is 0. The van der Waals surface area contributed by atoms with Gasteiger partial charge in [0, 0.05) is 74.2 Å². The molecule has 1 spiro atoms. The number of para-hydroxylation sites is 2. The molecule has 0 N–H and O–H groups in total. The Balaban J connectivity index is 0.988. The van der Waals surface area contributed by atoms with E-state index in [0.29, 0.717) is 0 Å². The highest BCUT2D eigenvalue weighted by Crippen LogP contribution is 2.68. The second-order valence-corrected chi connectivity index (χ2v) is 22.8. The summed E-state index contributed by atoms with van der Waals surface area (Å²) >= 11 is 3.73. The predicted molar refractivity (Wildman–Crippen MR) is 330 cm³/mol. The van der Waals surface area contributed by atoms with E-state index < -0.39 is 5.41 Å². The summed E-state index contributed by atoms with van der Waals surface area (Å²) in [6, 6.07) is 100. The van der Waals surface area contributed by atoms with Gasteiger partial charge in [-0.25, -0.2) is 0 Å². The van der Waals surface area contributed by atoms with Gasteiger partial charge < -0.3 is 9.80 Å². The summed E-state index contributed by atoms with van der Waals surface area (Å²) < 4.78 is 5.20. The van der Waals surface area contributed by atoms with Crippen molar-refractivity contribution in [2.45, 2.75) is 5.41 Å². The smallest absolute Gasteiger partial charge is 0.0737 e. The van der Waals surface area contributed by atoms with Gasteiger partial charge in [-0.3, -0.25) is 0 Å². The normalized spacial score (nSPS) is 13.0. The third-order valence-electron chi connectivity index (χ3n) is 16.8. The van der Waals surface area contributed by atoms with Crippen molar-refractivity contribution >= 4 is 129 Å². The maximum absolute atomic E-state index is 2.56. The molecular weight excluding hydrogens is 969 g/mol. The number of rotatable bonds is 6. The lowest BCUT2D eigenvalue weighted by Gasteiger charge is -2.34. The van der Waals surface area contributed by atoms with Crippen molar-refractivity contribution in [3.05, 3.63) is 289 Å². The lowest BCUT2D eigenvalue weighted by Crippen LogP contribution is -2.26. The van der Waals surface area contributed by atoms with Gasteiger partial charge in [0.2, 0.25) is 0 Å². The quantitative estimate of drug-likeness (QED) is 0.153. The van der Waals surface area contributed by atoms with Crippen LogP contribution in [-0.2, 0) is 5.41 Å². The summed E-state index contributed by atoms with van der Waals surface area (Å²) in [5.41, 5.74) is 16.6. The second kappa shape index (κ2) is 16.3. The molecule has 0 fully saturated rings. The fraction of sp³-hybridized carbons (Fsp3) is 0.0137. The van der Waals surface area contributed by atoms with Crippen LogP contribution >= 0.6 is 22.7 Å². The molecule has 358 valence electrons. The van der Waals surface area contributed by atoms with Gasteiger partial charge in [0.15, 0.2) is 0 Å². The molecule has 2 heterocycles. The molecule has 0 unspecified atom stereocenters. The van der Waals surface area contributed by atoms with Crippen LogP contribution in [0.2, 0.25) is 0 Å². The Bertz CT molecular complexity index is 4910. The first kappa shape index (κ1) is 43.0. The van der Waals surface area contributed by atoms with E-state index in [1.165, 1.54) is 117 Å². The standard InChI is InChI=1S/C73H44N2S2/c1-3-19-45(20-4-1)74(48-36-39-68-60(42-48)54-27-13-17-33-66(54)76-68)47-35-38-58-59(41-47)50-23-7-9-29-56(50)70-62-44-65(75(46-21-5-2-6-22-46)49-37-40-69-61(43-49)55-28-14-18-34-67(55)77-69)53-26-8-10-30-57(53)71(62)73(72(58)70)63-31-15-11-24-51(63)52-25-12-16-32-64(52)73/h1-44H. The molecule has 2 aliphatic rings. The van der Waals surface area contributed by atoms with Gasteiger partial charge in [0.25, 0.3) is 0 Å². The maximum atomic E-state index is 2.56. The molecule has 77 heavy (non-hydrogen) atoms. The zero-order valence-corrected chi connectivity index (χ0v) is 43.2. The summed E-state index contributed by atoms with van der Waals surface area (Å²) in [4.78, 5) is 4.96. The molecule has 0 atom stereocenters. The van der Waals surface area contributed by atoms with Gasteiger partial charge in [0.05, 0.1) is 11.1 Å². The Labute approximate surface area is 453 Å². The van der Waals surface area contributed by atoms with Crippen LogP contribution in [0.25, 0.3) is 94.9 Å². The molecule has 0 saturated heterocycles. The fourth-order valence-corrected chi connectivity index (χ4v) is 15.9. The highest BCUT2D eigenvalue weighted by Gasteiger charge is 2.54. The maximum Gasteiger partial charge on any atom is 0.0737 e. The average molecular weight is 1010 g/mol. The zero-order valence-electron chi connectivity index (χ0n) is 41.6. The van der Waals surface area contributed by atoms with Crippen molar-refractivity contribution in [2.75, 3.05) is 9.80 Å². The van der Waals surface area contributed by atoms with Crippen molar-refractivity contribution in [3.8, 4) is 22.3 Å². The van der Waals surface area contributed by atoms with Crippen LogP contribution in [0.4, 0.5) is 34.1 Å². The number of fused-ring (bicyclic) bond motifs is 23. The Morgan fingerprint density at radius 2 is 0.675 bits per heavy atom. The van der Waals surface area contributed by atoms with E-state index in [1.54, 1.807) is 0 Å². The highest BCUT2D eigenvalue weighted by molar-refractivity contribution is 7.26.